The SMILES string of the molecule is Cc1cc(CCc2cnc(C(=O)Sc3ccccc3)nc2)cc(C)c1O. The van der Waals surface area contributed by atoms with Gasteiger partial charge in [0.05, 0.1) is 0 Å². The van der Waals surface area contributed by atoms with Gasteiger partial charge < -0.3 is 5.11 Å². The maximum absolute atomic E-state index is 12.2. The molecular weight excluding hydrogens is 344 g/mol. The summed E-state index contributed by atoms with van der Waals surface area (Å²) in [6.07, 6.45) is 5.04. The van der Waals surface area contributed by atoms with E-state index in [1.165, 1.54) is 0 Å². The summed E-state index contributed by atoms with van der Waals surface area (Å²) in [6.45, 7) is 3.81. The average Bonchev–Trinajstić information content (AvgIpc) is 2.65. The quantitative estimate of drug-likeness (QED) is 0.675. The summed E-state index contributed by atoms with van der Waals surface area (Å²) in [7, 11) is 0. The van der Waals surface area contributed by atoms with Crippen LogP contribution in [0.25, 0.3) is 0 Å². The van der Waals surface area contributed by atoms with E-state index in [0.29, 0.717) is 5.75 Å². The fourth-order valence-corrected chi connectivity index (χ4v) is 3.41. The van der Waals surface area contributed by atoms with E-state index >= 15 is 0 Å². The van der Waals surface area contributed by atoms with Gasteiger partial charge in [0.1, 0.15) is 5.75 Å². The maximum atomic E-state index is 12.2. The first kappa shape index (κ1) is 18.1. The third-order valence-corrected chi connectivity index (χ3v) is 4.97. The molecule has 0 saturated carbocycles. The number of nitrogens with zero attached hydrogens (tertiary/aromatic N) is 2. The summed E-state index contributed by atoms with van der Waals surface area (Å²) in [5, 5.41) is 9.69. The first-order valence-corrected chi connectivity index (χ1v) is 9.22. The Hall–Kier alpha value is -2.66. The largest absolute Gasteiger partial charge is 0.507 e. The zero-order valence-corrected chi connectivity index (χ0v) is 15.6. The normalized spacial score (nSPS) is 10.7. The molecule has 0 atom stereocenters. The minimum Gasteiger partial charge on any atom is -0.507 e. The molecule has 0 amide bonds. The van der Waals surface area contributed by atoms with Crippen molar-refractivity contribution >= 4 is 16.9 Å². The minimum atomic E-state index is -0.160. The molecule has 0 fully saturated rings. The molecular formula is C21H20N2O2S. The van der Waals surface area contributed by atoms with Crippen LogP contribution in [0.2, 0.25) is 0 Å². The molecule has 3 aromatic rings. The first-order chi connectivity index (χ1) is 12.5. The van der Waals surface area contributed by atoms with E-state index in [0.717, 1.165) is 51.8 Å². The molecule has 0 aliphatic carbocycles. The van der Waals surface area contributed by atoms with Gasteiger partial charge in [-0.05, 0) is 72.8 Å². The smallest absolute Gasteiger partial charge is 0.261 e. The summed E-state index contributed by atoms with van der Waals surface area (Å²) < 4.78 is 0. The van der Waals surface area contributed by atoms with Crippen LogP contribution in [-0.4, -0.2) is 20.2 Å². The Balaban J connectivity index is 1.62. The fourth-order valence-electron chi connectivity index (χ4n) is 2.71. The van der Waals surface area contributed by atoms with Crippen molar-refractivity contribution in [3.8, 4) is 5.75 Å². The number of thioether (sulfide) groups is 1. The Bertz CT molecular complexity index is 886. The van der Waals surface area contributed by atoms with Crippen LogP contribution in [0, 0.1) is 13.8 Å². The molecule has 1 aromatic heterocycles. The predicted molar refractivity (Wildman–Crippen MR) is 104 cm³/mol. The molecule has 1 heterocycles. The number of carbonyl (C=O) groups excluding carboxylic acids is 1. The topological polar surface area (TPSA) is 63.1 Å². The number of carbonyl (C=O) groups is 1. The van der Waals surface area contributed by atoms with E-state index in [-0.39, 0.29) is 10.9 Å². The van der Waals surface area contributed by atoms with Crippen LogP contribution in [0.1, 0.15) is 32.9 Å². The lowest BCUT2D eigenvalue weighted by atomic mass is 10.0. The average molecular weight is 364 g/mol. The second-order valence-corrected chi connectivity index (χ2v) is 7.24. The van der Waals surface area contributed by atoms with Gasteiger partial charge in [0, 0.05) is 17.3 Å². The molecule has 0 bridgehead atoms. The standard InChI is InChI=1S/C21H20N2O2S/c1-14-10-16(11-15(2)19(14)24)8-9-17-12-22-20(23-13-17)21(25)26-18-6-4-3-5-7-18/h3-7,10-13,24H,8-9H2,1-2H3. The molecule has 0 aliphatic heterocycles. The number of hydrogen-bond acceptors (Lipinski definition) is 5. The Morgan fingerprint density at radius 3 is 2.15 bits per heavy atom. The number of hydrogen-bond donors (Lipinski definition) is 1. The number of benzene rings is 2. The fraction of sp³-hybridized carbons (Fsp3) is 0.190. The molecule has 0 aliphatic rings. The number of aromatic nitrogens is 2. The van der Waals surface area contributed by atoms with Gasteiger partial charge in [-0.1, -0.05) is 30.3 Å². The van der Waals surface area contributed by atoms with Crippen molar-refractivity contribution in [1.29, 1.82) is 0 Å². The maximum Gasteiger partial charge on any atom is 0.261 e. The molecule has 132 valence electrons. The highest BCUT2D eigenvalue weighted by atomic mass is 32.2. The number of phenols is 1. The summed E-state index contributed by atoms with van der Waals surface area (Å²) in [5.74, 6) is 0.579. The summed E-state index contributed by atoms with van der Waals surface area (Å²) >= 11 is 1.13. The lowest BCUT2D eigenvalue weighted by molar-refractivity contribution is 0.108. The zero-order chi connectivity index (χ0) is 18.5. The van der Waals surface area contributed by atoms with Crippen LogP contribution in [-0.2, 0) is 12.8 Å². The highest BCUT2D eigenvalue weighted by molar-refractivity contribution is 8.14. The van der Waals surface area contributed by atoms with Gasteiger partial charge >= 0.3 is 0 Å². The molecule has 1 N–H and O–H groups in total. The van der Waals surface area contributed by atoms with Crippen LogP contribution in [0.4, 0.5) is 0 Å². The Labute approximate surface area is 157 Å². The molecule has 0 unspecified atom stereocenters. The second-order valence-electron chi connectivity index (χ2n) is 6.20. The van der Waals surface area contributed by atoms with Crippen LogP contribution in [0.5, 0.6) is 5.75 Å². The van der Waals surface area contributed by atoms with Crippen molar-refractivity contribution in [3.05, 3.63) is 82.9 Å². The molecule has 3 rings (SSSR count). The molecule has 5 heteroatoms. The number of aromatic hydroxyl groups is 1. The van der Waals surface area contributed by atoms with Crippen LogP contribution in [0.3, 0.4) is 0 Å². The zero-order valence-electron chi connectivity index (χ0n) is 14.8. The number of rotatable bonds is 5. The van der Waals surface area contributed by atoms with Gasteiger partial charge in [-0.3, -0.25) is 4.79 Å². The van der Waals surface area contributed by atoms with Gasteiger partial charge in [0.25, 0.3) is 5.12 Å². The third-order valence-electron chi connectivity index (χ3n) is 4.09. The van der Waals surface area contributed by atoms with Crippen molar-refractivity contribution < 1.29 is 9.90 Å². The highest BCUT2D eigenvalue weighted by Gasteiger charge is 2.11. The lowest BCUT2D eigenvalue weighted by Crippen LogP contribution is -2.03. The van der Waals surface area contributed by atoms with Crippen LogP contribution < -0.4 is 0 Å². The van der Waals surface area contributed by atoms with E-state index in [9.17, 15) is 9.90 Å². The van der Waals surface area contributed by atoms with E-state index in [1.807, 2.05) is 56.3 Å². The minimum absolute atomic E-state index is 0.160. The van der Waals surface area contributed by atoms with Crippen LogP contribution >= 0.6 is 11.8 Å². The molecule has 2 aromatic carbocycles. The molecule has 0 saturated heterocycles. The Morgan fingerprint density at radius 2 is 1.54 bits per heavy atom. The van der Waals surface area contributed by atoms with Crippen molar-refractivity contribution in [1.82, 2.24) is 9.97 Å². The first-order valence-electron chi connectivity index (χ1n) is 8.40. The molecule has 0 spiro atoms. The summed E-state index contributed by atoms with van der Waals surface area (Å²) in [5.41, 5.74) is 3.91. The van der Waals surface area contributed by atoms with Crippen LogP contribution in [0.15, 0.2) is 59.8 Å². The molecule has 4 nitrogen and oxygen atoms in total. The van der Waals surface area contributed by atoms with Gasteiger partial charge in [-0.15, -0.1) is 0 Å². The van der Waals surface area contributed by atoms with E-state index in [2.05, 4.69) is 9.97 Å². The van der Waals surface area contributed by atoms with Gasteiger partial charge in [0.15, 0.2) is 0 Å². The highest BCUT2D eigenvalue weighted by Crippen LogP contribution is 2.24. The second kappa shape index (κ2) is 8.15. The monoisotopic (exact) mass is 364 g/mol. The summed E-state index contributed by atoms with van der Waals surface area (Å²) in [6, 6.07) is 13.5. The van der Waals surface area contributed by atoms with Gasteiger partial charge in [-0.25, -0.2) is 9.97 Å². The van der Waals surface area contributed by atoms with E-state index in [1.54, 1.807) is 12.4 Å². The van der Waals surface area contributed by atoms with Crippen molar-refractivity contribution in [2.24, 2.45) is 0 Å². The molecule has 0 radical (unpaired) electrons. The Morgan fingerprint density at radius 1 is 0.962 bits per heavy atom. The number of aryl methyl sites for hydroxylation is 4. The summed E-state index contributed by atoms with van der Waals surface area (Å²) in [4.78, 5) is 21.5. The number of phenolic OH excluding ortho intramolecular Hbond substituents is 1. The molecule has 26 heavy (non-hydrogen) atoms. The van der Waals surface area contributed by atoms with Crippen molar-refractivity contribution in [2.75, 3.05) is 0 Å². The third kappa shape index (κ3) is 4.49. The van der Waals surface area contributed by atoms with E-state index < -0.39 is 0 Å². The van der Waals surface area contributed by atoms with Crippen molar-refractivity contribution in [3.63, 3.8) is 0 Å². The van der Waals surface area contributed by atoms with Crippen molar-refractivity contribution in [2.45, 2.75) is 31.6 Å². The van der Waals surface area contributed by atoms with E-state index in [4.69, 9.17) is 0 Å². The van der Waals surface area contributed by atoms with Gasteiger partial charge in [0.2, 0.25) is 5.82 Å². The Kier molecular flexibility index (Phi) is 5.68. The van der Waals surface area contributed by atoms with Gasteiger partial charge in [-0.2, -0.15) is 0 Å². The lowest BCUT2D eigenvalue weighted by Gasteiger charge is -2.08. The predicted octanol–water partition coefficient (Wildman–Crippen LogP) is 4.52.